The largest absolute Gasteiger partial charge is 0.384 e. The molecule has 0 saturated carbocycles. The van der Waals surface area contributed by atoms with E-state index in [0.29, 0.717) is 19.1 Å². The second kappa shape index (κ2) is 7.22. The molecule has 5 heteroatoms. The molecule has 2 aliphatic rings. The molecule has 0 radical (unpaired) electrons. The molecule has 2 fully saturated rings. The fourth-order valence-electron chi connectivity index (χ4n) is 3.05. The molecule has 2 unspecified atom stereocenters. The maximum absolute atomic E-state index is 12.5. The summed E-state index contributed by atoms with van der Waals surface area (Å²) in [5.41, 5.74) is 0. The highest BCUT2D eigenvalue weighted by molar-refractivity contribution is 5.80. The van der Waals surface area contributed by atoms with E-state index in [9.17, 15) is 4.79 Å². The van der Waals surface area contributed by atoms with Gasteiger partial charge in [-0.05, 0) is 25.3 Å². The summed E-state index contributed by atoms with van der Waals surface area (Å²) in [6.07, 6.45) is 2.11. The van der Waals surface area contributed by atoms with E-state index in [1.807, 2.05) is 4.90 Å². The maximum atomic E-state index is 12.5. The van der Waals surface area contributed by atoms with Crippen LogP contribution in [0.15, 0.2) is 0 Å². The highest BCUT2D eigenvalue weighted by Crippen LogP contribution is 2.22. The highest BCUT2D eigenvalue weighted by Gasteiger charge is 2.37. The van der Waals surface area contributed by atoms with Crippen molar-refractivity contribution in [2.45, 2.75) is 25.8 Å². The van der Waals surface area contributed by atoms with Gasteiger partial charge in [0, 0.05) is 32.8 Å². The van der Waals surface area contributed by atoms with Crippen molar-refractivity contribution in [3.05, 3.63) is 0 Å². The van der Waals surface area contributed by atoms with Gasteiger partial charge >= 0.3 is 0 Å². The zero-order chi connectivity index (χ0) is 13.7. The van der Waals surface area contributed by atoms with Gasteiger partial charge in [-0.3, -0.25) is 4.79 Å². The van der Waals surface area contributed by atoms with Gasteiger partial charge in [-0.15, -0.1) is 0 Å². The minimum Gasteiger partial charge on any atom is -0.384 e. The van der Waals surface area contributed by atoms with E-state index >= 15 is 0 Å². The first kappa shape index (κ1) is 14.8. The standard InChI is InChI=1S/C14H26N2O3/c1-3-15-13-10-19-9-12(13)14(17)16-6-4-11(5-7-16)8-18-2/h11-13,15H,3-10H2,1-2H3. The molecule has 5 nitrogen and oxygen atoms in total. The third-order valence-corrected chi connectivity index (χ3v) is 4.19. The molecule has 0 bridgehead atoms. The van der Waals surface area contributed by atoms with E-state index in [1.165, 1.54) is 0 Å². The van der Waals surface area contributed by atoms with Gasteiger partial charge in [0.15, 0.2) is 0 Å². The Kier molecular flexibility index (Phi) is 5.60. The summed E-state index contributed by atoms with van der Waals surface area (Å²) in [5, 5.41) is 3.35. The molecule has 0 aromatic heterocycles. The first-order valence-electron chi connectivity index (χ1n) is 7.35. The molecule has 0 aromatic rings. The molecular weight excluding hydrogens is 244 g/mol. The van der Waals surface area contributed by atoms with Crippen LogP contribution in [0.1, 0.15) is 19.8 Å². The SMILES string of the molecule is CCNC1COCC1C(=O)N1CCC(COC)CC1. The molecule has 1 amide bonds. The van der Waals surface area contributed by atoms with Crippen molar-refractivity contribution < 1.29 is 14.3 Å². The fourth-order valence-corrected chi connectivity index (χ4v) is 3.05. The van der Waals surface area contributed by atoms with E-state index in [-0.39, 0.29) is 17.9 Å². The minimum absolute atomic E-state index is 0.000995. The summed E-state index contributed by atoms with van der Waals surface area (Å²) in [6, 6.07) is 0.189. The van der Waals surface area contributed by atoms with E-state index in [4.69, 9.17) is 9.47 Å². The third-order valence-electron chi connectivity index (χ3n) is 4.19. The first-order valence-corrected chi connectivity index (χ1v) is 7.35. The van der Waals surface area contributed by atoms with Gasteiger partial charge < -0.3 is 19.7 Å². The Morgan fingerprint density at radius 2 is 2.11 bits per heavy atom. The number of hydrogen-bond acceptors (Lipinski definition) is 4. The lowest BCUT2D eigenvalue weighted by Crippen LogP contribution is -2.48. The Balaban J connectivity index is 1.83. The van der Waals surface area contributed by atoms with Crippen LogP contribution in [0.25, 0.3) is 0 Å². The predicted molar refractivity (Wildman–Crippen MR) is 73.0 cm³/mol. The van der Waals surface area contributed by atoms with E-state index < -0.39 is 0 Å². The summed E-state index contributed by atoms with van der Waals surface area (Å²) < 4.78 is 10.7. The van der Waals surface area contributed by atoms with Crippen molar-refractivity contribution in [2.24, 2.45) is 11.8 Å². The van der Waals surface area contributed by atoms with Crippen LogP contribution in [-0.2, 0) is 14.3 Å². The van der Waals surface area contributed by atoms with Gasteiger partial charge in [-0.2, -0.15) is 0 Å². The van der Waals surface area contributed by atoms with Crippen molar-refractivity contribution in [3.63, 3.8) is 0 Å². The zero-order valence-electron chi connectivity index (χ0n) is 12.1. The Morgan fingerprint density at radius 1 is 1.37 bits per heavy atom. The van der Waals surface area contributed by atoms with Crippen molar-refractivity contribution >= 4 is 5.91 Å². The van der Waals surface area contributed by atoms with Crippen LogP contribution in [0.4, 0.5) is 0 Å². The molecule has 1 N–H and O–H groups in total. The molecule has 2 atom stereocenters. The minimum atomic E-state index is -0.000995. The molecule has 0 spiro atoms. The molecule has 110 valence electrons. The van der Waals surface area contributed by atoms with Gasteiger partial charge in [0.2, 0.25) is 5.91 Å². The quantitative estimate of drug-likeness (QED) is 0.790. The van der Waals surface area contributed by atoms with Crippen molar-refractivity contribution in [2.75, 3.05) is 46.6 Å². The number of carbonyl (C=O) groups excluding carboxylic acids is 1. The molecule has 2 rings (SSSR count). The molecule has 2 heterocycles. The number of carbonyl (C=O) groups is 1. The number of rotatable bonds is 5. The Labute approximate surface area is 115 Å². The van der Waals surface area contributed by atoms with Crippen LogP contribution in [0.2, 0.25) is 0 Å². The predicted octanol–water partition coefficient (Wildman–Crippen LogP) is 0.496. The monoisotopic (exact) mass is 270 g/mol. The number of likely N-dealkylation sites (tertiary alicyclic amines) is 1. The number of ether oxygens (including phenoxy) is 2. The van der Waals surface area contributed by atoms with Crippen LogP contribution >= 0.6 is 0 Å². The number of hydrogen-bond donors (Lipinski definition) is 1. The van der Waals surface area contributed by atoms with Crippen LogP contribution in [-0.4, -0.2) is 63.4 Å². The lowest BCUT2D eigenvalue weighted by atomic mass is 9.95. The van der Waals surface area contributed by atoms with Gasteiger partial charge in [-0.1, -0.05) is 6.92 Å². The van der Waals surface area contributed by atoms with Crippen molar-refractivity contribution in [3.8, 4) is 0 Å². The summed E-state index contributed by atoms with van der Waals surface area (Å²) in [7, 11) is 1.74. The number of amides is 1. The van der Waals surface area contributed by atoms with Gasteiger partial charge in [0.25, 0.3) is 0 Å². The fraction of sp³-hybridized carbons (Fsp3) is 0.929. The number of methoxy groups -OCH3 is 1. The Bertz CT molecular complexity index is 290. The number of nitrogens with one attached hydrogen (secondary N) is 1. The normalized spacial score (nSPS) is 28.8. The molecular formula is C14H26N2O3. The highest BCUT2D eigenvalue weighted by atomic mass is 16.5. The second-order valence-corrected chi connectivity index (χ2v) is 5.53. The summed E-state index contributed by atoms with van der Waals surface area (Å²) in [6.45, 7) is 6.71. The zero-order valence-corrected chi connectivity index (χ0v) is 12.1. The first-order chi connectivity index (χ1) is 9.26. The molecule has 2 saturated heterocycles. The number of nitrogens with zero attached hydrogens (tertiary/aromatic N) is 1. The Morgan fingerprint density at radius 3 is 2.74 bits per heavy atom. The smallest absolute Gasteiger partial charge is 0.229 e. The summed E-state index contributed by atoms with van der Waals surface area (Å²) in [4.78, 5) is 14.5. The number of piperidine rings is 1. The third kappa shape index (κ3) is 3.68. The number of likely N-dealkylation sites (N-methyl/N-ethyl adjacent to an activating group) is 1. The molecule has 2 aliphatic heterocycles. The molecule has 0 aromatic carbocycles. The van der Waals surface area contributed by atoms with Crippen molar-refractivity contribution in [1.82, 2.24) is 10.2 Å². The van der Waals surface area contributed by atoms with E-state index in [0.717, 1.165) is 39.1 Å². The topological polar surface area (TPSA) is 50.8 Å². The van der Waals surface area contributed by atoms with Crippen LogP contribution in [0.3, 0.4) is 0 Å². The maximum Gasteiger partial charge on any atom is 0.229 e. The van der Waals surface area contributed by atoms with Gasteiger partial charge in [0.05, 0.1) is 19.1 Å². The van der Waals surface area contributed by atoms with E-state index in [1.54, 1.807) is 7.11 Å². The average molecular weight is 270 g/mol. The summed E-state index contributed by atoms with van der Waals surface area (Å²) >= 11 is 0. The van der Waals surface area contributed by atoms with Gasteiger partial charge in [-0.25, -0.2) is 0 Å². The second-order valence-electron chi connectivity index (χ2n) is 5.53. The molecule has 19 heavy (non-hydrogen) atoms. The molecule has 0 aliphatic carbocycles. The van der Waals surface area contributed by atoms with Crippen LogP contribution in [0, 0.1) is 11.8 Å². The lowest BCUT2D eigenvalue weighted by Gasteiger charge is -2.34. The van der Waals surface area contributed by atoms with E-state index in [2.05, 4.69) is 12.2 Å². The van der Waals surface area contributed by atoms with Crippen LogP contribution in [0.5, 0.6) is 0 Å². The Hall–Kier alpha value is -0.650. The van der Waals surface area contributed by atoms with Crippen molar-refractivity contribution in [1.29, 1.82) is 0 Å². The average Bonchev–Trinajstić information content (AvgIpc) is 2.88. The lowest BCUT2D eigenvalue weighted by molar-refractivity contribution is -0.137. The summed E-state index contributed by atoms with van der Waals surface area (Å²) in [5.74, 6) is 0.872. The van der Waals surface area contributed by atoms with Gasteiger partial charge in [0.1, 0.15) is 0 Å². The van der Waals surface area contributed by atoms with Crippen LogP contribution < -0.4 is 5.32 Å².